The van der Waals surface area contributed by atoms with Gasteiger partial charge < -0.3 is 11.1 Å². The van der Waals surface area contributed by atoms with Crippen LogP contribution in [0, 0.1) is 24.1 Å². The van der Waals surface area contributed by atoms with Gasteiger partial charge in [0.15, 0.2) is 0 Å². The van der Waals surface area contributed by atoms with E-state index in [0.717, 1.165) is 11.1 Å². The number of benzene rings is 1. The van der Waals surface area contributed by atoms with Gasteiger partial charge >= 0.3 is 0 Å². The Labute approximate surface area is 177 Å². The second-order valence-corrected chi connectivity index (χ2v) is 7.16. The van der Waals surface area contributed by atoms with Gasteiger partial charge in [0.05, 0.1) is 23.3 Å². The molecule has 0 unspecified atom stereocenters. The molecule has 0 saturated carbocycles. The molecule has 4 rings (SSSR count). The summed E-state index contributed by atoms with van der Waals surface area (Å²) in [6.07, 6.45) is 2.54. The zero-order valence-electron chi connectivity index (χ0n) is 16.9. The number of rotatable bonds is 4. The summed E-state index contributed by atoms with van der Waals surface area (Å²) in [5.74, 6) is -0.190. The van der Waals surface area contributed by atoms with Gasteiger partial charge in [-0.25, -0.2) is 9.37 Å². The van der Waals surface area contributed by atoms with E-state index in [-0.39, 0.29) is 22.9 Å². The van der Waals surface area contributed by atoms with Gasteiger partial charge in [0.25, 0.3) is 5.56 Å². The molecule has 1 atom stereocenters. The first-order chi connectivity index (χ1) is 14.9. The molecule has 3 N–H and O–H groups in total. The number of anilines is 2. The van der Waals surface area contributed by atoms with Gasteiger partial charge in [-0.3, -0.25) is 9.20 Å². The van der Waals surface area contributed by atoms with Crippen molar-refractivity contribution in [2.75, 3.05) is 11.1 Å². The SMILES string of the molecule is Cc1c([C@H](C)Nc2nc(N)ncc2C#N)c(-c2ccccc2)c(=O)n2cc(F)ccc12. The Kier molecular flexibility index (Phi) is 5.09. The van der Waals surface area contributed by atoms with Crippen LogP contribution in [0.5, 0.6) is 0 Å². The molecule has 1 aromatic carbocycles. The third kappa shape index (κ3) is 3.57. The lowest BCUT2D eigenvalue weighted by Crippen LogP contribution is -2.23. The van der Waals surface area contributed by atoms with Gasteiger partial charge in [-0.15, -0.1) is 0 Å². The number of aryl methyl sites for hydroxylation is 1. The number of hydrogen-bond acceptors (Lipinski definition) is 6. The lowest BCUT2D eigenvalue weighted by atomic mass is 9.92. The fourth-order valence-corrected chi connectivity index (χ4v) is 3.80. The van der Waals surface area contributed by atoms with Crippen molar-refractivity contribution in [2.24, 2.45) is 0 Å². The summed E-state index contributed by atoms with van der Waals surface area (Å²) in [6.45, 7) is 3.75. The molecule has 154 valence electrons. The first-order valence-electron chi connectivity index (χ1n) is 9.59. The molecule has 0 aliphatic carbocycles. The van der Waals surface area contributed by atoms with E-state index >= 15 is 0 Å². The molecular weight excluding hydrogens is 395 g/mol. The number of pyridine rings is 2. The summed E-state index contributed by atoms with van der Waals surface area (Å²) in [6, 6.07) is 13.7. The highest BCUT2D eigenvalue weighted by Gasteiger charge is 2.22. The van der Waals surface area contributed by atoms with Crippen LogP contribution in [0.2, 0.25) is 0 Å². The maximum absolute atomic E-state index is 13.9. The van der Waals surface area contributed by atoms with Crippen molar-refractivity contribution in [3.63, 3.8) is 0 Å². The smallest absolute Gasteiger partial charge is 0.263 e. The number of halogens is 1. The molecule has 31 heavy (non-hydrogen) atoms. The van der Waals surface area contributed by atoms with Gasteiger partial charge in [0, 0.05) is 6.20 Å². The van der Waals surface area contributed by atoms with E-state index in [4.69, 9.17) is 5.73 Å². The van der Waals surface area contributed by atoms with E-state index in [0.29, 0.717) is 16.6 Å². The number of nitriles is 1. The Morgan fingerprint density at radius 3 is 2.68 bits per heavy atom. The predicted molar refractivity (Wildman–Crippen MR) is 117 cm³/mol. The summed E-state index contributed by atoms with van der Waals surface area (Å²) in [7, 11) is 0. The average Bonchev–Trinajstić information content (AvgIpc) is 2.76. The van der Waals surface area contributed by atoms with Gasteiger partial charge in [0.1, 0.15) is 23.3 Å². The normalized spacial score (nSPS) is 11.8. The Morgan fingerprint density at radius 2 is 1.97 bits per heavy atom. The molecule has 0 aliphatic heterocycles. The number of fused-ring (bicyclic) bond motifs is 1. The largest absolute Gasteiger partial charge is 0.368 e. The van der Waals surface area contributed by atoms with Crippen LogP contribution in [0.25, 0.3) is 16.6 Å². The summed E-state index contributed by atoms with van der Waals surface area (Å²) >= 11 is 0. The Bertz CT molecular complexity index is 1390. The minimum Gasteiger partial charge on any atom is -0.368 e. The van der Waals surface area contributed by atoms with Gasteiger partial charge in [-0.1, -0.05) is 30.3 Å². The highest BCUT2D eigenvalue weighted by Crippen LogP contribution is 2.32. The first kappa shape index (κ1) is 20.0. The van der Waals surface area contributed by atoms with Crippen LogP contribution in [0.15, 0.2) is 59.7 Å². The van der Waals surface area contributed by atoms with Crippen LogP contribution in [0.4, 0.5) is 16.2 Å². The Morgan fingerprint density at radius 1 is 1.23 bits per heavy atom. The molecule has 3 aromatic heterocycles. The standard InChI is InChI=1S/C23H19FN6O/c1-13-18-9-8-17(24)12-30(18)22(31)20(15-6-4-3-5-7-15)19(13)14(2)28-21-16(10-25)11-27-23(26)29-21/h3-9,11-12,14H,1-2H3,(H3,26,27,28,29)/t14-/m0/s1. The fraction of sp³-hybridized carbons (Fsp3) is 0.130. The van der Waals surface area contributed by atoms with Gasteiger partial charge in [-0.05, 0) is 42.7 Å². The zero-order valence-corrected chi connectivity index (χ0v) is 16.9. The average molecular weight is 414 g/mol. The first-order valence-corrected chi connectivity index (χ1v) is 9.59. The topological polar surface area (TPSA) is 109 Å². The summed E-state index contributed by atoms with van der Waals surface area (Å²) in [5, 5.41) is 12.6. The summed E-state index contributed by atoms with van der Waals surface area (Å²) in [4.78, 5) is 21.4. The molecule has 4 aromatic rings. The second-order valence-electron chi connectivity index (χ2n) is 7.16. The number of hydrogen-bond donors (Lipinski definition) is 2. The van der Waals surface area contributed by atoms with Crippen molar-refractivity contribution >= 4 is 17.3 Å². The van der Waals surface area contributed by atoms with E-state index in [2.05, 4.69) is 15.3 Å². The van der Waals surface area contributed by atoms with Crippen LogP contribution in [0.3, 0.4) is 0 Å². The highest BCUT2D eigenvalue weighted by atomic mass is 19.1. The quantitative estimate of drug-likeness (QED) is 0.525. The summed E-state index contributed by atoms with van der Waals surface area (Å²) in [5.41, 5.74) is 8.88. The van der Waals surface area contributed by atoms with Crippen molar-refractivity contribution in [3.05, 3.63) is 87.7 Å². The third-order valence-corrected chi connectivity index (χ3v) is 5.18. The van der Waals surface area contributed by atoms with Crippen molar-refractivity contribution in [2.45, 2.75) is 19.9 Å². The number of nitrogens with two attached hydrogens (primary N) is 1. The molecule has 3 heterocycles. The molecule has 0 amide bonds. The van der Waals surface area contributed by atoms with Crippen LogP contribution >= 0.6 is 0 Å². The van der Waals surface area contributed by atoms with Crippen LogP contribution in [-0.4, -0.2) is 14.4 Å². The summed E-state index contributed by atoms with van der Waals surface area (Å²) < 4.78 is 15.2. The van der Waals surface area contributed by atoms with Gasteiger partial charge in [0.2, 0.25) is 5.95 Å². The monoisotopic (exact) mass is 414 g/mol. The maximum atomic E-state index is 13.9. The molecule has 0 saturated heterocycles. The van der Waals surface area contributed by atoms with Crippen LogP contribution < -0.4 is 16.6 Å². The maximum Gasteiger partial charge on any atom is 0.263 e. The van der Waals surface area contributed by atoms with Gasteiger partial charge in [-0.2, -0.15) is 10.2 Å². The number of nitrogens with zero attached hydrogens (tertiary/aromatic N) is 4. The molecule has 8 heteroatoms. The lowest BCUT2D eigenvalue weighted by Gasteiger charge is -2.23. The third-order valence-electron chi connectivity index (χ3n) is 5.18. The highest BCUT2D eigenvalue weighted by molar-refractivity contribution is 5.74. The Hall–Kier alpha value is -4.25. The molecule has 0 spiro atoms. The molecule has 7 nitrogen and oxygen atoms in total. The number of nitrogens with one attached hydrogen (secondary N) is 1. The predicted octanol–water partition coefficient (Wildman–Crippen LogP) is 3.83. The zero-order chi connectivity index (χ0) is 22.1. The van der Waals surface area contributed by atoms with Crippen molar-refractivity contribution < 1.29 is 4.39 Å². The molecule has 0 bridgehead atoms. The minimum atomic E-state index is -0.498. The van der Waals surface area contributed by atoms with E-state index in [1.54, 1.807) is 6.07 Å². The molecule has 0 fully saturated rings. The van der Waals surface area contributed by atoms with Crippen LogP contribution in [-0.2, 0) is 0 Å². The number of nitrogen functional groups attached to an aromatic ring is 1. The molecular formula is C23H19FN6O. The molecule has 0 radical (unpaired) electrons. The van der Waals surface area contributed by atoms with Crippen molar-refractivity contribution in [1.82, 2.24) is 14.4 Å². The molecule has 0 aliphatic rings. The van der Waals surface area contributed by atoms with E-state index < -0.39 is 11.9 Å². The van der Waals surface area contributed by atoms with E-state index in [1.807, 2.05) is 50.2 Å². The minimum absolute atomic E-state index is 0.0303. The lowest BCUT2D eigenvalue weighted by molar-refractivity contribution is 0.618. The van der Waals surface area contributed by atoms with E-state index in [1.165, 1.54) is 22.9 Å². The van der Waals surface area contributed by atoms with Crippen molar-refractivity contribution in [1.29, 1.82) is 5.26 Å². The van der Waals surface area contributed by atoms with Crippen LogP contribution in [0.1, 0.15) is 29.7 Å². The van der Waals surface area contributed by atoms with Crippen molar-refractivity contribution in [3.8, 4) is 17.2 Å². The van der Waals surface area contributed by atoms with E-state index in [9.17, 15) is 14.4 Å². The second kappa shape index (κ2) is 7.88. The number of aromatic nitrogens is 3. The Balaban J connectivity index is 1.98. The fourth-order valence-electron chi connectivity index (χ4n) is 3.80.